The largest absolute Gasteiger partial charge is 0.497 e. The van der Waals surface area contributed by atoms with E-state index in [1.807, 2.05) is 72.8 Å². The number of nitrogens with zero attached hydrogens (tertiary/aromatic N) is 2. The fourth-order valence-electron chi connectivity index (χ4n) is 3.08. The Morgan fingerprint density at radius 1 is 0.964 bits per heavy atom. The topological polar surface area (TPSA) is 64.1 Å². The van der Waals surface area contributed by atoms with Gasteiger partial charge in [0.2, 0.25) is 0 Å². The average molecular weight is 369 g/mol. The first-order valence-electron chi connectivity index (χ1n) is 8.96. The summed E-state index contributed by atoms with van der Waals surface area (Å²) in [6, 6.07) is 24.2. The SMILES string of the molecule is COc1ccc2nc(C(=O)N[C@@H](c3ccccc3)c3ccccn3)ccc2c1. The zero-order valence-corrected chi connectivity index (χ0v) is 15.4. The van der Waals surface area contributed by atoms with E-state index >= 15 is 0 Å². The van der Waals surface area contributed by atoms with E-state index in [1.165, 1.54) is 0 Å². The van der Waals surface area contributed by atoms with E-state index in [4.69, 9.17) is 4.74 Å². The highest BCUT2D eigenvalue weighted by Crippen LogP contribution is 2.22. The second-order valence-corrected chi connectivity index (χ2v) is 6.33. The summed E-state index contributed by atoms with van der Waals surface area (Å²) in [4.78, 5) is 21.9. The highest BCUT2D eigenvalue weighted by atomic mass is 16.5. The lowest BCUT2D eigenvalue weighted by Crippen LogP contribution is -2.30. The molecule has 4 rings (SSSR count). The molecule has 138 valence electrons. The van der Waals surface area contributed by atoms with E-state index in [0.717, 1.165) is 27.9 Å². The van der Waals surface area contributed by atoms with Gasteiger partial charge >= 0.3 is 0 Å². The van der Waals surface area contributed by atoms with Gasteiger partial charge in [-0.25, -0.2) is 4.98 Å². The summed E-state index contributed by atoms with van der Waals surface area (Å²) in [5.74, 6) is 0.503. The zero-order chi connectivity index (χ0) is 19.3. The monoisotopic (exact) mass is 369 g/mol. The fraction of sp³-hybridized carbons (Fsp3) is 0.0870. The van der Waals surface area contributed by atoms with Gasteiger partial charge in [-0.2, -0.15) is 0 Å². The molecule has 0 spiro atoms. The van der Waals surface area contributed by atoms with Gasteiger partial charge in [0.1, 0.15) is 11.4 Å². The number of hydrogen-bond donors (Lipinski definition) is 1. The third kappa shape index (κ3) is 3.69. The molecule has 0 unspecified atom stereocenters. The summed E-state index contributed by atoms with van der Waals surface area (Å²) in [6.45, 7) is 0. The third-order valence-corrected chi connectivity index (χ3v) is 4.52. The minimum atomic E-state index is -0.358. The molecule has 2 aromatic heterocycles. The van der Waals surface area contributed by atoms with Crippen LogP contribution in [-0.4, -0.2) is 23.0 Å². The Morgan fingerprint density at radius 2 is 1.79 bits per heavy atom. The van der Waals surface area contributed by atoms with Crippen LogP contribution >= 0.6 is 0 Å². The molecule has 1 amide bonds. The van der Waals surface area contributed by atoms with Crippen LogP contribution in [0.3, 0.4) is 0 Å². The van der Waals surface area contributed by atoms with Crippen molar-refractivity contribution < 1.29 is 9.53 Å². The quantitative estimate of drug-likeness (QED) is 0.574. The summed E-state index contributed by atoms with van der Waals surface area (Å²) in [5, 5.41) is 3.98. The number of carbonyl (C=O) groups is 1. The highest BCUT2D eigenvalue weighted by Gasteiger charge is 2.19. The predicted octanol–water partition coefficient (Wildman–Crippen LogP) is 4.16. The Hall–Kier alpha value is -3.73. The van der Waals surface area contributed by atoms with Crippen LogP contribution in [0.2, 0.25) is 0 Å². The normalized spacial score (nSPS) is 11.8. The van der Waals surface area contributed by atoms with Crippen LogP contribution in [0.1, 0.15) is 27.8 Å². The minimum absolute atomic E-state index is 0.253. The first kappa shape index (κ1) is 17.7. The number of amides is 1. The standard InChI is InChI=1S/C23H19N3O2/c1-28-18-11-13-19-17(15-18)10-12-21(25-19)23(27)26-22(16-7-3-2-4-8-16)20-9-5-6-14-24-20/h2-15,22H,1H3,(H,26,27)/t22-/m0/s1. The van der Waals surface area contributed by atoms with Crippen LogP contribution in [0.25, 0.3) is 10.9 Å². The van der Waals surface area contributed by atoms with Gasteiger partial charge in [0.05, 0.1) is 24.4 Å². The van der Waals surface area contributed by atoms with Gasteiger partial charge in [-0.1, -0.05) is 42.5 Å². The number of fused-ring (bicyclic) bond motifs is 1. The molecular formula is C23H19N3O2. The van der Waals surface area contributed by atoms with E-state index in [0.29, 0.717) is 5.69 Å². The van der Waals surface area contributed by atoms with Crippen molar-refractivity contribution in [2.75, 3.05) is 7.11 Å². The summed E-state index contributed by atoms with van der Waals surface area (Å²) in [5.41, 5.74) is 2.82. The Kier molecular flexibility index (Phi) is 4.97. The molecule has 0 radical (unpaired) electrons. The number of nitrogens with one attached hydrogen (secondary N) is 1. The first-order chi connectivity index (χ1) is 13.7. The number of ether oxygens (including phenoxy) is 1. The number of hydrogen-bond acceptors (Lipinski definition) is 4. The van der Waals surface area contributed by atoms with Crippen LogP contribution in [0.15, 0.2) is 85.1 Å². The van der Waals surface area contributed by atoms with E-state index in [-0.39, 0.29) is 11.9 Å². The van der Waals surface area contributed by atoms with E-state index < -0.39 is 0 Å². The molecule has 4 aromatic rings. The van der Waals surface area contributed by atoms with Gasteiger partial charge in [0.25, 0.3) is 5.91 Å². The van der Waals surface area contributed by atoms with Crippen molar-refractivity contribution in [3.8, 4) is 5.75 Å². The smallest absolute Gasteiger partial charge is 0.270 e. The van der Waals surface area contributed by atoms with Crippen molar-refractivity contribution in [3.05, 3.63) is 102 Å². The summed E-state index contributed by atoms with van der Waals surface area (Å²) >= 11 is 0. The van der Waals surface area contributed by atoms with Crippen molar-refractivity contribution in [1.82, 2.24) is 15.3 Å². The number of pyridine rings is 2. The Labute approximate surface area is 163 Å². The van der Waals surface area contributed by atoms with E-state index in [2.05, 4.69) is 15.3 Å². The Bertz CT molecular complexity index is 1060. The van der Waals surface area contributed by atoms with Gasteiger partial charge in [-0.15, -0.1) is 0 Å². The van der Waals surface area contributed by atoms with Crippen molar-refractivity contribution in [3.63, 3.8) is 0 Å². The third-order valence-electron chi connectivity index (χ3n) is 4.52. The number of carbonyl (C=O) groups excluding carboxylic acids is 1. The van der Waals surface area contributed by atoms with Crippen molar-refractivity contribution in [2.24, 2.45) is 0 Å². The van der Waals surface area contributed by atoms with E-state index in [1.54, 1.807) is 19.4 Å². The molecule has 0 saturated carbocycles. The second-order valence-electron chi connectivity index (χ2n) is 6.33. The molecular weight excluding hydrogens is 350 g/mol. The molecule has 2 aromatic carbocycles. The molecule has 0 aliphatic heterocycles. The fourth-order valence-corrected chi connectivity index (χ4v) is 3.08. The van der Waals surface area contributed by atoms with Crippen molar-refractivity contribution in [1.29, 1.82) is 0 Å². The molecule has 1 N–H and O–H groups in total. The van der Waals surface area contributed by atoms with Gasteiger partial charge in [-0.3, -0.25) is 9.78 Å². The highest BCUT2D eigenvalue weighted by molar-refractivity contribution is 5.95. The lowest BCUT2D eigenvalue weighted by Gasteiger charge is -2.18. The number of rotatable bonds is 5. The van der Waals surface area contributed by atoms with Gasteiger partial charge in [-0.05, 0) is 42.0 Å². The predicted molar refractivity (Wildman–Crippen MR) is 108 cm³/mol. The molecule has 2 heterocycles. The van der Waals surface area contributed by atoms with Crippen molar-refractivity contribution >= 4 is 16.8 Å². The lowest BCUT2D eigenvalue weighted by molar-refractivity contribution is 0.0937. The van der Waals surface area contributed by atoms with E-state index in [9.17, 15) is 4.79 Å². The summed E-state index contributed by atoms with van der Waals surface area (Å²) < 4.78 is 5.24. The van der Waals surface area contributed by atoms with Crippen LogP contribution in [0.5, 0.6) is 5.75 Å². The second kappa shape index (κ2) is 7.88. The van der Waals surface area contributed by atoms with Crippen molar-refractivity contribution in [2.45, 2.75) is 6.04 Å². The molecule has 0 aliphatic rings. The lowest BCUT2D eigenvalue weighted by atomic mass is 10.0. The number of aromatic nitrogens is 2. The molecule has 1 atom stereocenters. The molecule has 28 heavy (non-hydrogen) atoms. The summed E-state index contributed by atoms with van der Waals surface area (Å²) in [7, 11) is 1.62. The van der Waals surface area contributed by atoms with Crippen LogP contribution in [-0.2, 0) is 0 Å². The molecule has 0 aliphatic carbocycles. The zero-order valence-electron chi connectivity index (χ0n) is 15.4. The Balaban J connectivity index is 1.65. The number of benzene rings is 2. The average Bonchev–Trinajstić information content (AvgIpc) is 2.77. The van der Waals surface area contributed by atoms with Gasteiger partial charge in [0, 0.05) is 11.6 Å². The van der Waals surface area contributed by atoms with Crippen LogP contribution < -0.4 is 10.1 Å². The maximum Gasteiger partial charge on any atom is 0.270 e. The molecule has 0 bridgehead atoms. The maximum atomic E-state index is 12.9. The molecule has 5 heteroatoms. The van der Waals surface area contributed by atoms with Crippen LogP contribution in [0, 0.1) is 0 Å². The molecule has 5 nitrogen and oxygen atoms in total. The summed E-state index contributed by atoms with van der Waals surface area (Å²) in [6.07, 6.45) is 1.72. The maximum absolute atomic E-state index is 12.9. The first-order valence-corrected chi connectivity index (χ1v) is 8.96. The Morgan fingerprint density at radius 3 is 2.54 bits per heavy atom. The molecule has 0 fully saturated rings. The van der Waals surface area contributed by atoms with Gasteiger partial charge < -0.3 is 10.1 Å². The minimum Gasteiger partial charge on any atom is -0.497 e. The van der Waals surface area contributed by atoms with Gasteiger partial charge in [0.15, 0.2) is 0 Å². The van der Waals surface area contributed by atoms with Crippen LogP contribution in [0.4, 0.5) is 0 Å². The number of methoxy groups -OCH3 is 1. The molecule has 0 saturated heterocycles.